The Morgan fingerprint density at radius 1 is 1.32 bits per heavy atom. The zero-order chi connectivity index (χ0) is 13.8. The summed E-state index contributed by atoms with van der Waals surface area (Å²) in [6.45, 7) is 2.07. The predicted octanol–water partition coefficient (Wildman–Crippen LogP) is 2.68. The summed E-state index contributed by atoms with van der Waals surface area (Å²) in [6.07, 6.45) is 3.78. The Morgan fingerprint density at radius 3 is 2.53 bits per heavy atom. The molecule has 1 aliphatic rings. The van der Waals surface area contributed by atoms with Gasteiger partial charge in [-0.15, -0.1) is 11.3 Å². The number of hydrogen-bond acceptors (Lipinski definition) is 3. The summed E-state index contributed by atoms with van der Waals surface area (Å²) in [5, 5.41) is 11.9. The Bertz CT molecular complexity index is 461. The van der Waals surface area contributed by atoms with Crippen LogP contribution in [0.3, 0.4) is 0 Å². The number of nitrogens with one attached hydrogen (secondary N) is 1. The number of aliphatic carboxylic acids is 1. The summed E-state index contributed by atoms with van der Waals surface area (Å²) in [5.74, 6) is -0.972. The van der Waals surface area contributed by atoms with Gasteiger partial charge in [-0.2, -0.15) is 0 Å². The van der Waals surface area contributed by atoms with Gasteiger partial charge in [0.25, 0.3) is 5.91 Å². The van der Waals surface area contributed by atoms with E-state index < -0.39 is 5.97 Å². The quantitative estimate of drug-likeness (QED) is 0.891. The van der Waals surface area contributed by atoms with Crippen molar-refractivity contribution in [1.82, 2.24) is 5.32 Å². The highest BCUT2D eigenvalue weighted by Crippen LogP contribution is 2.25. The van der Waals surface area contributed by atoms with E-state index >= 15 is 0 Å². The van der Waals surface area contributed by atoms with E-state index in [-0.39, 0.29) is 17.9 Å². The molecular formula is C14H19NO3S. The van der Waals surface area contributed by atoms with Crippen molar-refractivity contribution >= 4 is 23.2 Å². The van der Waals surface area contributed by atoms with Crippen LogP contribution in [0, 0.1) is 5.92 Å². The molecule has 0 saturated heterocycles. The van der Waals surface area contributed by atoms with Gasteiger partial charge in [0, 0.05) is 10.9 Å². The fourth-order valence-corrected chi connectivity index (χ4v) is 3.28. The van der Waals surface area contributed by atoms with Crippen LogP contribution in [0.15, 0.2) is 12.1 Å². The molecular weight excluding hydrogens is 262 g/mol. The average molecular weight is 281 g/mol. The molecule has 0 aromatic carbocycles. The summed E-state index contributed by atoms with van der Waals surface area (Å²) < 4.78 is 0. The van der Waals surface area contributed by atoms with Gasteiger partial charge in [-0.3, -0.25) is 9.59 Å². The smallest absolute Gasteiger partial charge is 0.306 e. The zero-order valence-electron chi connectivity index (χ0n) is 11.0. The first-order valence-electron chi connectivity index (χ1n) is 6.72. The summed E-state index contributed by atoms with van der Waals surface area (Å²) in [5.41, 5.74) is 0. The maximum absolute atomic E-state index is 12.0. The van der Waals surface area contributed by atoms with Gasteiger partial charge in [0.15, 0.2) is 0 Å². The molecule has 1 amide bonds. The van der Waals surface area contributed by atoms with Gasteiger partial charge in [0.2, 0.25) is 0 Å². The maximum atomic E-state index is 12.0. The fourth-order valence-electron chi connectivity index (χ4n) is 2.43. The van der Waals surface area contributed by atoms with Gasteiger partial charge >= 0.3 is 5.97 Å². The molecule has 0 radical (unpaired) electrons. The molecule has 2 rings (SSSR count). The molecule has 1 aromatic heterocycles. The number of carbonyl (C=O) groups is 2. The van der Waals surface area contributed by atoms with E-state index in [9.17, 15) is 9.59 Å². The van der Waals surface area contributed by atoms with E-state index in [0.29, 0.717) is 12.8 Å². The van der Waals surface area contributed by atoms with Crippen LogP contribution in [-0.2, 0) is 11.2 Å². The molecule has 104 valence electrons. The lowest BCUT2D eigenvalue weighted by molar-refractivity contribution is -0.142. The number of aryl methyl sites for hydroxylation is 1. The SMILES string of the molecule is CCc1ccc(C(=O)NC2CCC(C(=O)O)CC2)s1. The van der Waals surface area contributed by atoms with Crippen molar-refractivity contribution in [2.45, 2.75) is 45.1 Å². The lowest BCUT2D eigenvalue weighted by atomic mass is 9.86. The number of rotatable bonds is 4. The van der Waals surface area contributed by atoms with Crippen molar-refractivity contribution in [3.8, 4) is 0 Å². The molecule has 0 spiro atoms. The van der Waals surface area contributed by atoms with Crippen LogP contribution in [0.4, 0.5) is 0 Å². The topological polar surface area (TPSA) is 66.4 Å². The van der Waals surface area contributed by atoms with E-state index in [1.807, 2.05) is 12.1 Å². The zero-order valence-corrected chi connectivity index (χ0v) is 11.8. The first kappa shape index (κ1) is 14.1. The van der Waals surface area contributed by atoms with Crippen LogP contribution in [0.5, 0.6) is 0 Å². The molecule has 2 N–H and O–H groups in total. The van der Waals surface area contributed by atoms with Gasteiger partial charge in [0.1, 0.15) is 0 Å². The molecule has 19 heavy (non-hydrogen) atoms. The number of carboxylic acids is 1. The average Bonchev–Trinajstić information content (AvgIpc) is 2.88. The summed E-state index contributed by atoms with van der Waals surface area (Å²) in [7, 11) is 0. The lowest BCUT2D eigenvalue weighted by Crippen LogP contribution is -2.38. The highest BCUT2D eigenvalue weighted by Gasteiger charge is 2.27. The predicted molar refractivity (Wildman–Crippen MR) is 74.5 cm³/mol. The minimum Gasteiger partial charge on any atom is -0.481 e. The lowest BCUT2D eigenvalue weighted by Gasteiger charge is -2.26. The largest absolute Gasteiger partial charge is 0.481 e. The Hall–Kier alpha value is -1.36. The van der Waals surface area contributed by atoms with Crippen LogP contribution in [0.2, 0.25) is 0 Å². The van der Waals surface area contributed by atoms with Gasteiger partial charge in [0.05, 0.1) is 10.8 Å². The van der Waals surface area contributed by atoms with E-state index in [2.05, 4.69) is 12.2 Å². The van der Waals surface area contributed by atoms with Crippen molar-refractivity contribution in [2.24, 2.45) is 5.92 Å². The first-order chi connectivity index (χ1) is 9.10. The third kappa shape index (κ3) is 3.56. The molecule has 4 nitrogen and oxygen atoms in total. The molecule has 0 aliphatic heterocycles. The van der Waals surface area contributed by atoms with E-state index in [1.54, 1.807) is 0 Å². The minimum absolute atomic E-state index is 0.0246. The van der Waals surface area contributed by atoms with Crippen molar-refractivity contribution in [3.63, 3.8) is 0 Å². The van der Waals surface area contributed by atoms with Crippen molar-refractivity contribution in [3.05, 3.63) is 21.9 Å². The number of carboxylic acid groups (broad SMARTS) is 1. The van der Waals surface area contributed by atoms with E-state index in [1.165, 1.54) is 16.2 Å². The summed E-state index contributed by atoms with van der Waals surface area (Å²) >= 11 is 1.53. The highest BCUT2D eigenvalue weighted by atomic mass is 32.1. The van der Waals surface area contributed by atoms with Crippen LogP contribution in [-0.4, -0.2) is 23.0 Å². The number of thiophene rings is 1. The normalized spacial score (nSPS) is 23.0. The molecule has 5 heteroatoms. The van der Waals surface area contributed by atoms with Gasteiger partial charge in [-0.25, -0.2) is 0 Å². The van der Waals surface area contributed by atoms with Crippen molar-refractivity contribution in [1.29, 1.82) is 0 Å². The second-order valence-electron chi connectivity index (χ2n) is 4.98. The number of carbonyl (C=O) groups excluding carboxylic acids is 1. The number of amides is 1. The first-order valence-corrected chi connectivity index (χ1v) is 7.54. The molecule has 1 fully saturated rings. The van der Waals surface area contributed by atoms with Crippen LogP contribution in [0.1, 0.15) is 47.2 Å². The molecule has 1 heterocycles. The standard InChI is InChI=1S/C14H19NO3S/c1-2-11-7-8-12(19-11)13(16)15-10-5-3-9(4-6-10)14(17)18/h7-10H,2-6H2,1H3,(H,15,16)(H,17,18). The number of hydrogen-bond donors (Lipinski definition) is 2. The van der Waals surface area contributed by atoms with Gasteiger partial charge in [-0.1, -0.05) is 6.92 Å². The Balaban J connectivity index is 1.85. The van der Waals surface area contributed by atoms with Crippen molar-refractivity contribution in [2.75, 3.05) is 0 Å². The third-order valence-corrected chi connectivity index (χ3v) is 4.87. The second kappa shape index (κ2) is 6.19. The molecule has 0 bridgehead atoms. The Labute approximate surface area is 116 Å². The summed E-state index contributed by atoms with van der Waals surface area (Å²) in [6, 6.07) is 3.97. The summed E-state index contributed by atoms with van der Waals surface area (Å²) in [4.78, 5) is 24.9. The third-order valence-electron chi connectivity index (χ3n) is 3.65. The highest BCUT2D eigenvalue weighted by molar-refractivity contribution is 7.14. The molecule has 0 unspecified atom stereocenters. The maximum Gasteiger partial charge on any atom is 0.306 e. The molecule has 0 atom stereocenters. The monoisotopic (exact) mass is 281 g/mol. The Kier molecular flexibility index (Phi) is 4.58. The molecule has 1 saturated carbocycles. The second-order valence-corrected chi connectivity index (χ2v) is 6.15. The molecule has 1 aliphatic carbocycles. The van der Waals surface area contributed by atoms with Crippen LogP contribution >= 0.6 is 11.3 Å². The minimum atomic E-state index is -0.712. The van der Waals surface area contributed by atoms with Crippen LogP contribution in [0.25, 0.3) is 0 Å². The van der Waals surface area contributed by atoms with Crippen LogP contribution < -0.4 is 5.32 Å². The molecule has 1 aromatic rings. The van der Waals surface area contributed by atoms with Crippen molar-refractivity contribution < 1.29 is 14.7 Å². The van der Waals surface area contributed by atoms with E-state index in [4.69, 9.17) is 5.11 Å². The van der Waals surface area contributed by atoms with Gasteiger partial charge < -0.3 is 10.4 Å². The van der Waals surface area contributed by atoms with Gasteiger partial charge in [-0.05, 0) is 44.2 Å². The van der Waals surface area contributed by atoms with E-state index in [0.717, 1.165) is 24.1 Å². The Morgan fingerprint density at radius 2 is 2.00 bits per heavy atom. The fraction of sp³-hybridized carbons (Fsp3) is 0.571.